The van der Waals surface area contributed by atoms with E-state index in [0.717, 1.165) is 12.8 Å². The molecule has 1 amide bonds. The van der Waals surface area contributed by atoms with Gasteiger partial charge in [0.05, 0.1) is 12.2 Å². The Kier molecular flexibility index (Phi) is 5.11. The van der Waals surface area contributed by atoms with Crippen molar-refractivity contribution in [3.63, 3.8) is 0 Å². The highest BCUT2D eigenvalue weighted by molar-refractivity contribution is 7.88. The van der Waals surface area contributed by atoms with Crippen LogP contribution in [-0.2, 0) is 19.6 Å². The van der Waals surface area contributed by atoms with Gasteiger partial charge < -0.3 is 10.0 Å². The third kappa shape index (κ3) is 3.78. The molecule has 1 aliphatic carbocycles. The molecule has 2 aliphatic rings. The normalized spacial score (nSPS) is 31.0. The lowest BCUT2D eigenvalue weighted by Gasteiger charge is -2.40. The molecule has 1 aliphatic heterocycles. The van der Waals surface area contributed by atoms with Gasteiger partial charge in [0.15, 0.2) is 0 Å². The number of sulfonamides is 1. The molecular weight excluding hydrogens is 308 g/mol. The fraction of sp³-hybridized carbons (Fsp3) is 0.857. The first-order valence-electron chi connectivity index (χ1n) is 7.68. The van der Waals surface area contributed by atoms with Crippen LogP contribution in [0.1, 0.15) is 32.6 Å². The first kappa shape index (κ1) is 17.2. The van der Waals surface area contributed by atoms with Gasteiger partial charge in [-0.1, -0.05) is 6.42 Å². The molecule has 7 nitrogen and oxygen atoms in total. The molecule has 2 rings (SSSR count). The van der Waals surface area contributed by atoms with E-state index in [-0.39, 0.29) is 17.9 Å². The minimum Gasteiger partial charge on any atom is -0.481 e. The number of aliphatic carboxylic acids is 1. The molecule has 0 bridgehead atoms. The van der Waals surface area contributed by atoms with Crippen LogP contribution in [0.3, 0.4) is 0 Å². The van der Waals surface area contributed by atoms with Crippen LogP contribution in [0.5, 0.6) is 0 Å². The third-order valence-corrected chi connectivity index (χ3v) is 6.07. The van der Waals surface area contributed by atoms with Gasteiger partial charge in [-0.15, -0.1) is 0 Å². The molecule has 3 atom stereocenters. The summed E-state index contributed by atoms with van der Waals surface area (Å²) in [5.74, 6) is -1.53. The van der Waals surface area contributed by atoms with Gasteiger partial charge in [0.2, 0.25) is 15.9 Å². The van der Waals surface area contributed by atoms with Gasteiger partial charge in [0, 0.05) is 31.6 Å². The van der Waals surface area contributed by atoms with E-state index in [2.05, 4.69) is 0 Å². The van der Waals surface area contributed by atoms with Gasteiger partial charge >= 0.3 is 5.97 Å². The molecule has 1 N–H and O–H groups in total. The number of carbonyl (C=O) groups excluding carboxylic acids is 1. The zero-order valence-electron chi connectivity index (χ0n) is 13.1. The van der Waals surface area contributed by atoms with E-state index < -0.39 is 21.9 Å². The minimum atomic E-state index is -3.25. The molecule has 0 aromatic rings. The second-order valence-corrected chi connectivity index (χ2v) is 8.34. The molecule has 1 saturated carbocycles. The number of hydrogen-bond acceptors (Lipinski definition) is 4. The van der Waals surface area contributed by atoms with Crippen molar-refractivity contribution in [3.05, 3.63) is 0 Å². The number of carboxylic acids is 1. The zero-order valence-corrected chi connectivity index (χ0v) is 13.9. The number of carbonyl (C=O) groups is 2. The highest BCUT2D eigenvalue weighted by atomic mass is 32.2. The summed E-state index contributed by atoms with van der Waals surface area (Å²) in [5.41, 5.74) is 0. The average Bonchev–Trinajstić information content (AvgIpc) is 2.45. The van der Waals surface area contributed by atoms with Gasteiger partial charge in [0.25, 0.3) is 0 Å². The lowest BCUT2D eigenvalue weighted by Crippen LogP contribution is -2.56. The maximum Gasteiger partial charge on any atom is 0.306 e. The maximum absolute atomic E-state index is 12.6. The Balaban J connectivity index is 1.98. The lowest BCUT2D eigenvalue weighted by molar-refractivity contribution is -0.146. The van der Waals surface area contributed by atoms with Gasteiger partial charge in [-0.2, -0.15) is 4.31 Å². The maximum atomic E-state index is 12.6. The number of amides is 1. The number of hydrogen-bond donors (Lipinski definition) is 1. The monoisotopic (exact) mass is 332 g/mol. The second kappa shape index (κ2) is 6.54. The summed E-state index contributed by atoms with van der Waals surface area (Å²) in [6.07, 6.45) is 3.70. The van der Waals surface area contributed by atoms with E-state index in [1.54, 1.807) is 11.8 Å². The van der Waals surface area contributed by atoms with E-state index >= 15 is 0 Å². The Morgan fingerprint density at radius 3 is 2.32 bits per heavy atom. The van der Waals surface area contributed by atoms with Gasteiger partial charge in [-0.25, -0.2) is 8.42 Å². The third-order valence-electron chi connectivity index (χ3n) is 4.68. The molecule has 0 aromatic carbocycles. The van der Waals surface area contributed by atoms with Crippen molar-refractivity contribution in [2.24, 2.45) is 11.8 Å². The highest BCUT2D eigenvalue weighted by Gasteiger charge is 2.37. The summed E-state index contributed by atoms with van der Waals surface area (Å²) in [4.78, 5) is 25.4. The molecule has 2 unspecified atom stereocenters. The van der Waals surface area contributed by atoms with E-state index in [4.69, 9.17) is 5.11 Å². The molecule has 1 heterocycles. The SMILES string of the molecule is C[C@H]1CN(C(=O)C2CCCC(C(=O)O)C2)CCN1S(C)(=O)=O. The number of piperazine rings is 1. The summed E-state index contributed by atoms with van der Waals surface area (Å²) in [6.45, 7) is 2.85. The number of carboxylic acid groups (broad SMARTS) is 1. The van der Waals surface area contributed by atoms with E-state index in [1.807, 2.05) is 0 Å². The van der Waals surface area contributed by atoms with Crippen LogP contribution in [0.15, 0.2) is 0 Å². The van der Waals surface area contributed by atoms with Crippen molar-refractivity contribution >= 4 is 21.9 Å². The fourth-order valence-corrected chi connectivity index (χ4v) is 4.66. The first-order valence-corrected chi connectivity index (χ1v) is 9.53. The van der Waals surface area contributed by atoms with Crippen molar-refractivity contribution in [2.45, 2.75) is 38.6 Å². The predicted molar refractivity (Wildman–Crippen MR) is 80.7 cm³/mol. The molecule has 0 aromatic heterocycles. The quantitative estimate of drug-likeness (QED) is 0.806. The Hall–Kier alpha value is -1.15. The largest absolute Gasteiger partial charge is 0.481 e. The standard InChI is InChI=1S/C14H24N2O5S/c1-10-9-15(6-7-16(10)22(2,20)21)13(17)11-4-3-5-12(8-11)14(18)19/h10-12H,3-9H2,1-2H3,(H,18,19)/t10-,11?,12?/m0/s1. The molecule has 8 heteroatoms. The van der Waals surface area contributed by atoms with Gasteiger partial charge in [-0.05, 0) is 26.2 Å². The molecule has 22 heavy (non-hydrogen) atoms. The molecule has 0 spiro atoms. The van der Waals surface area contributed by atoms with Crippen LogP contribution in [0.25, 0.3) is 0 Å². The topological polar surface area (TPSA) is 95.0 Å². The van der Waals surface area contributed by atoms with Crippen molar-refractivity contribution < 1.29 is 23.1 Å². The summed E-state index contributed by atoms with van der Waals surface area (Å²) < 4.78 is 24.7. The van der Waals surface area contributed by atoms with Gasteiger partial charge in [0.1, 0.15) is 0 Å². The Bertz CT molecular complexity index is 547. The van der Waals surface area contributed by atoms with Crippen molar-refractivity contribution in [3.8, 4) is 0 Å². The van der Waals surface area contributed by atoms with Crippen LogP contribution in [0, 0.1) is 11.8 Å². The fourth-order valence-electron chi connectivity index (χ4n) is 3.53. The van der Waals surface area contributed by atoms with Crippen LogP contribution in [-0.4, -0.2) is 66.5 Å². The van der Waals surface area contributed by atoms with E-state index in [9.17, 15) is 18.0 Å². The Morgan fingerprint density at radius 1 is 1.14 bits per heavy atom. The van der Waals surface area contributed by atoms with Crippen LogP contribution in [0.4, 0.5) is 0 Å². The average molecular weight is 332 g/mol. The summed E-state index contributed by atoms with van der Waals surface area (Å²) >= 11 is 0. The highest BCUT2D eigenvalue weighted by Crippen LogP contribution is 2.31. The Morgan fingerprint density at radius 2 is 1.77 bits per heavy atom. The molecular formula is C14H24N2O5S. The van der Waals surface area contributed by atoms with E-state index in [1.165, 1.54) is 10.6 Å². The molecule has 2 fully saturated rings. The van der Waals surface area contributed by atoms with Crippen molar-refractivity contribution in [1.82, 2.24) is 9.21 Å². The molecule has 126 valence electrons. The zero-order chi connectivity index (χ0) is 16.5. The smallest absolute Gasteiger partial charge is 0.306 e. The van der Waals surface area contributed by atoms with Crippen LogP contribution >= 0.6 is 0 Å². The predicted octanol–water partition coefficient (Wildman–Crippen LogP) is 0.370. The van der Waals surface area contributed by atoms with Gasteiger partial charge in [-0.3, -0.25) is 9.59 Å². The van der Waals surface area contributed by atoms with E-state index in [0.29, 0.717) is 32.5 Å². The summed E-state index contributed by atoms with van der Waals surface area (Å²) in [5, 5.41) is 9.12. The van der Waals surface area contributed by atoms with Crippen LogP contribution in [0.2, 0.25) is 0 Å². The van der Waals surface area contributed by atoms with Crippen molar-refractivity contribution in [2.75, 3.05) is 25.9 Å². The summed E-state index contributed by atoms with van der Waals surface area (Å²) in [7, 11) is -3.25. The summed E-state index contributed by atoms with van der Waals surface area (Å²) in [6, 6.07) is -0.244. The molecule has 1 saturated heterocycles. The Labute approximate surface area is 131 Å². The number of nitrogens with zero attached hydrogens (tertiary/aromatic N) is 2. The number of rotatable bonds is 3. The second-order valence-electron chi connectivity index (χ2n) is 6.41. The van der Waals surface area contributed by atoms with Crippen molar-refractivity contribution in [1.29, 1.82) is 0 Å². The van der Waals surface area contributed by atoms with Crippen LogP contribution < -0.4 is 0 Å². The lowest BCUT2D eigenvalue weighted by atomic mass is 9.80. The minimum absolute atomic E-state index is 0.0223. The molecule has 0 radical (unpaired) electrons. The first-order chi connectivity index (χ1) is 10.2.